The van der Waals surface area contributed by atoms with Gasteiger partial charge >= 0.3 is 0 Å². The highest BCUT2D eigenvalue weighted by Gasteiger charge is 2.42. The van der Waals surface area contributed by atoms with Crippen LogP contribution in [0.4, 0.5) is 0 Å². The Morgan fingerprint density at radius 1 is 1.14 bits per heavy atom. The molecule has 3 N–H and O–H groups in total. The Hall–Kier alpha value is -1.80. The topological polar surface area (TPSA) is 101 Å². The summed E-state index contributed by atoms with van der Waals surface area (Å²) in [4.78, 5) is 0. The van der Waals surface area contributed by atoms with E-state index in [0.29, 0.717) is 0 Å². The van der Waals surface area contributed by atoms with Crippen LogP contribution in [0.25, 0.3) is 11.3 Å². The number of hydrogen-bond acceptors (Lipinski definition) is 6. The third-order valence-electron chi connectivity index (χ3n) is 3.94. The van der Waals surface area contributed by atoms with Crippen molar-refractivity contribution in [2.75, 3.05) is 6.61 Å². The van der Waals surface area contributed by atoms with E-state index in [1.165, 1.54) is 0 Å². The van der Waals surface area contributed by atoms with E-state index in [1.807, 2.05) is 37.3 Å². The fraction of sp³-hybridized carbons (Fsp3) is 0.467. The van der Waals surface area contributed by atoms with E-state index < -0.39 is 24.4 Å². The van der Waals surface area contributed by atoms with Crippen molar-refractivity contribution in [3.05, 3.63) is 36.0 Å². The molecule has 1 aliphatic rings. The van der Waals surface area contributed by atoms with Crippen molar-refractivity contribution < 1.29 is 20.1 Å². The van der Waals surface area contributed by atoms with Crippen LogP contribution < -0.4 is 0 Å². The summed E-state index contributed by atoms with van der Waals surface area (Å²) in [7, 11) is 0. The second-order valence-corrected chi connectivity index (χ2v) is 5.45. The average Bonchev–Trinajstić information content (AvgIpc) is 3.03. The average molecular weight is 305 g/mol. The molecule has 4 atom stereocenters. The summed E-state index contributed by atoms with van der Waals surface area (Å²) in [5, 5.41) is 37.2. The number of hydrogen-bond donors (Lipinski definition) is 3. The summed E-state index contributed by atoms with van der Waals surface area (Å²) < 4.78 is 7.16. The highest BCUT2D eigenvalue weighted by molar-refractivity contribution is 5.61. The third kappa shape index (κ3) is 2.64. The lowest BCUT2D eigenvalue weighted by molar-refractivity contribution is -0.0275. The van der Waals surface area contributed by atoms with Crippen LogP contribution in [0.1, 0.15) is 5.69 Å². The van der Waals surface area contributed by atoms with Gasteiger partial charge in [0.05, 0.1) is 24.5 Å². The molecule has 0 saturated carbocycles. The van der Waals surface area contributed by atoms with Crippen molar-refractivity contribution in [2.45, 2.75) is 37.9 Å². The molecule has 1 fully saturated rings. The smallest absolute Gasteiger partial charge is 0.111 e. The second-order valence-electron chi connectivity index (χ2n) is 5.45. The Kier molecular flexibility index (Phi) is 4.21. The molecule has 22 heavy (non-hydrogen) atoms. The van der Waals surface area contributed by atoms with Gasteiger partial charge in [0.2, 0.25) is 0 Å². The summed E-state index contributed by atoms with van der Waals surface area (Å²) in [6, 6.07) is 9.70. The monoisotopic (exact) mass is 305 g/mol. The van der Waals surface area contributed by atoms with E-state index in [1.54, 1.807) is 4.68 Å². The molecule has 1 aromatic carbocycles. The Bertz CT molecular complexity index is 631. The van der Waals surface area contributed by atoms with Crippen LogP contribution in [0.3, 0.4) is 0 Å². The maximum absolute atomic E-state index is 10.0. The van der Waals surface area contributed by atoms with Crippen LogP contribution in [0.2, 0.25) is 0 Å². The van der Waals surface area contributed by atoms with Crippen LogP contribution in [0, 0.1) is 6.92 Å². The van der Waals surface area contributed by atoms with E-state index in [0.717, 1.165) is 17.0 Å². The predicted molar refractivity (Wildman–Crippen MR) is 78.0 cm³/mol. The maximum Gasteiger partial charge on any atom is 0.111 e. The van der Waals surface area contributed by atoms with Gasteiger partial charge in [0.25, 0.3) is 0 Å². The van der Waals surface area contributed by atoms with Crippen LogP contribution in [0.15, 0.2) is 30.3 Å². The van der Waals surface area contributed by atoms with E-state index in [9.17, 15) is 10.2 Å². The lowest BCUT2D eigenvalue weighted by Gasteiger charge is -2.16. The number of benzene rings is 1. The minimum absolute atomic E-state index is 0.250. The molecule has 7 nitrogen and oxygen atoms in total. The van der Waals surface area contributed by atoms with Crippen molar-refractivity contribution in [1.29, 1.82) is 0 Å². The van der Waals surface area contributed by atoms with Gasteiger partial charge in [0.1, 0.15) is 24.4 Å². The van der Waals surface area contributed by atoms with Crippen molar-refractivity contribution in [1.82, 2.24) is 15.0 Å². The van der Waals surface area contributed by atoms with Gasteiger partial charge in [-0.1, -0.05) is 35.5 Å². The molecule has 0 unspecified atom stereocenters. The van der Waals surface area contributed by atoms with Crippen molar-refractivity contribution in [3.8, 4) is 11.3 Å². The molecule has 1 aliphatic heterocycles. The molecule has 0 aliphatic carbocycles. The third-order valence-corrected chi connectivity index (χ3v) is 3.94. The second kappa shape index (κ2) is 6.13. The standard InChI is InChI=1S/C15H19N3O4/c1-9-13(10-5-3-2-4-6-10)18(17-16-9)7-11-14(20)15(21)12(8-19)22-11/h2-6,11-12,14-15,19-21H,7-8H2,1H3/t11-,12+,14-,15+/m0/s1. The molecule has 1 saturated heterocycles. The van der Waals surface area contributed by atoms with E-state index in [4.69, 9.17) is 9.84 Å². The Morgan fingerprint density at radius 3 is 2.45 bits per heavy atom. The van der Waals surface area contributed by atoms with Crippen molar-refractivity contribution in [3.63, 3.8) is 0 Å². The lowest BCUT2D eigenvalue weighted by atomic mass is 10.1. The minimum atomic E-state index is -1.10. The first kappa shape index (κ1) is 15.1. The lowest BCUT2D eigenvalue weighted by Crippen LogP contribution is -2.35. The quantitative estimate of drug-likeness (QED) is 0.719. The Morgan fingerprint density at radius 2 is 1.82 bits per heavy atom. The predicted octanol–water partition coefficient (Wildman–Crippen LogP) is -0.265. The van der Waals surface area contributed by atoms with Crippen molar-refractivity contribution >= 4 is 0 Å². The van der Waals surface area contributed by atoms with E-state index in [2.05, 4.69) is 10.3 Å². The number of nitrogens with zero attached hydrogens (tertiary/aromatic N) is 3. The molecule has 2 heterocycles. The van der Waals surface area contributed by atoms with E-state index in [-0.39, 0.29) is 13.2 Å². The van der Waals surface area contributed by atoms with Crippen molar-refractivity contribution in [2.24, 2.45) is 0 Å². The Labute approximate surface area is 127 Å². The molecule has 118 valence electrons. The molecule has 1 aromatic heterocycles. The summed E-state index contributed by atoms with van der Waals surface area (Å²) in [5.74, 6) is 0. The normalized spacial score (nSPS) is 28.2. The van der Waals surface area contributed by atoms with Gasteiger partial charge in [-0.3, -0.25) is 0 Å². The number of aliphatic hydroxyl groups excluding tert-OH is 3. The van der Waals surface area contributed by atoms with Gasteiger partial charge in [-0.15, -0.1) is 5.10 Å². The zero-order valence-electron chi connectivity index (χ0n) is 12.2. The SMILES string of the molecule is Cc1nnn(C[C@@H]2O[C@H](CO)[C@@H](O)[C@H]2O)c1-c1ccccc1. The van der Waals surface area contributed by atoms with Gasteiger partial charge < -0.3 is 20.1 Å². The van der Waals surface area contributed by atoms with Gasteiger partial charge in [0, 0.05) is 5.56 Å². The molecule has 0 radical (unpaired) electrons. The van der Waals surface area contributed by atoms with E-state index >= 15 is 0 Å². The van der Waals surface area contributed by atoms with Crippen LogP contribution >= 0.6 is 0 Å². The first-order valence-corrected chi connectivity index (χ1v) is 7.19. The van der Waals surface area contributed by atoms with Gasteiger partial charge in [-0.2, -0.15) is 0 Å². The van der Waals surface area contributed by atoms with Gasteiger partial charge in [0.15, 0.2) is 0 Å². The fourth-order valence-corrected chi connectivity index (χ4v) is 2.78. The van der Waals surface area contributed by atoms with Crippen LogP contribution in [-0.4, -0.2) is 61.3 Å². The number of ether oxygens (including phenoxy) is 1. The maximum atomic E-state index is 10.0. The molecule has 7 heteroatoms. The summed E-state index contributed by atoms with van der Waals surface area (Å²) in [6.07, 6.45) is -3.58. The minimum Gasteiger partial charge on any atom is -0.394 e. The number of rotatable bonds is 4. The molecular weight excluding hydrogens is 286 g/mol. The molecule has 0 spiro atoms. The number of aromatic nitrogens is 3. The summed E-state index contributed by atoms with van der Waals surface area (Å²) >= 11 is 0. The highest BCUT2D eigenvalue weighted by atomic mass is 16.6. The number of aryl methyl sites for hydroxylation is 1. The summed E-state index contributed by atoms with van der Waals surface area (Å²) in [6.45, 7) is 1.78. The zero-order valence-corrected chi connectivity index (χ0v) is 12.2. The summed E-state index contributed by atoms with van der Waals surface area (Å²) in [5.41, 5.74) is 2.59. The van der Waals surface area contributed by atoms with Gasteiger partial charge in [-0.05, 0) is 6.92 Å². The first-order valence-electron chi connectivity index (χ1n) is 7.19. The molecule has 3 rings (SSSR count). The molecule has 0 amide bonds. The highest BCUT2D eigenvalue weighted by Crippen LogP contribution is 2.26. The van der Waals surface area contributed by atoms with Gasteiger partial charge in [-0.25, -0.2) is 4.68 Å². The largest absolute Gasteiger partial charge is 0.394 e. The molecular formula is C15H19N3O4. The molecule has 0 bridgehead atoms. The zero-order chi connectivity index (χ0) is 15.7. The number of aliphatic hydroxyl groups is 3. The fourth-order valence-electron chi connectivity index (χ4n) is 2.78. The molecule has 2 aromatic rings. The van der Waals surface area contributed by atoms with Crippen LogP contribution in [0.5, 0.6) is 0 Å². The first-order chi connectivity index (χ1) is 10.6. The van der Waals surface area contributed by atoms with Crippen LogP contribution in [-0.2, 0) is 11.3 Å². The Balaban J connectivity index is 1.85.